The van der Waals surface area contributed by atoms with Gasteiger partial charge in [-0.2, -0.15) is 0 Å². The van der Waals surface area contributed by atoms with E-state index in [0.29, 0.717) is 37.9 Å². The van der Waals surface area contributed by atoms with Gasteiger partial charge in [0.2, 0.25) is 5.91 Å². The monoisotopic (exact) mass is 420 g/mol. The van der Waals surface area contributed by atoms with Crippen molar-refractivity contribution in [2.45, 2.75) is 26.3 Å². The minimum atomic E-state index is -0.170. The third kappa shape index (κ3) is 3.98. The number of amides is 1. The Morgan fingerprint density at radius 1 is 1.23 bits per heavy atom. The third-order valence-corrected chi connectivity index (χ3v) is 5.21. The number of rotatable bonds is 4. The fourth-order valence-corrected chi connectivity index (χ4v) is 3.65. The number of carbonyl (C=O) groups is 2. The second-order valence-corrected chi connectivity index (χ2v) is 7.29. The Balaban J connectivity index is 1.70. The van der Waals surface area contributed by atoms with Gasteiger partial charge in [0.05, 0.1) is 18.0 Å². The molecule has 2 aromatic rings. The number of benzene rings is 1. The normalized spacial score (nSPS) is 15.2. The topological polar surface area (TPSA) is 68.6 Å². The second kappa shape index (κ2) is 8.03. The quantitative estimate of drug-likeness (QED) is 0.712. The van der Waals surface area contributed by atoms with E-state index >= 15 is 0 Å². The highest BCUT2D eigenvalue weighted by Crippen LogP contribution is 2.20. The van der Waals surface area contributed by atoms with Crippen LogP contribution in [0.15, 0.2) is 39.7 Å². The molecule has 2 heterocycles. The van der Waals surface area contributed by atoms with Gasteiger partial charge in [-0.15, -0.1) is 0 Å². The zero-order chi connectivity index (χ0) is 18.7. The van der Waals surface area contributed by atoms with Crippen molar-refractivity contribution in [1.82, 2.24) is 9.47 Å². The summed E-state index contributed by atoms with van der Waals surface area (Å²) in [5, 5.41) is 0.579. The number of ether oxygens (including phenoxy) is 1. The molecule has 1 fully saturated rings. The summed E-state index contributed by atoms with van der Waals surface area (Å²) in [6.07, 6.45) is 2.91. The van der Waals surface area contributed by atoms with Crippen molar-refractivity contribution in [3.63, 3.8) is 0 Å². The largest absolute Gasteiger partial charge is 0.466 e. The number of carbonyl (C=O) groups excluding carboxylic acids is 2. The SMILES string of the molecule is CCOC(=O)C1CCN(C(=O)Cn2ccc(=O)c3cc(Br)ccc32)CC1. The average Bonchev–Trinajstić information content (AvgIpc) is 2.64. The molecule has 0 atom stereocenters. The Bertz CT molecular complexity index is 885. The highest BCUT2D eigenvalue weighted by Gasteiger charge is 2.28. The summed E-state index contributed by atoms with van der Waals surface area (Å²) in [5.74, 6) is -0.304. The molecule has 1 aromatic heterocycles. The second-order valence-electron chi connectivity index (χ2n) is 6.38. The molecule has 1 aromatic carbocycles. The van der Waals surface area contributed by atoms with E-state index in [1.807, 2.05) is 12.1 Å². The Kier molecular flexibility index (Phi) is 5.76. The van der Waals surface area contributed by atoms with E-state index in [-0.39, 0.29) is 29.8 Å². The lowest BCUT2D eigenvalue weighted by Crippen LogP contribution is -2.42. The van der Waals surface area contributed by atoms with Crippen LogP contribution in [-0.2, 0) is 20.9 Å². The number of hydrogen-bond donors (Lipinski definition) is 0. The van der Waals surface area contributed by atoms with Gasteiger partial charge in [0.15, 0.2) is 5.43 Å². The van der Waals surface area contributed by atoms with Crippen LogP contribution in [0.5, 0.6) is 0 Å². The Morgan fingerprint density at radius 2 is 1.96 bits per heavy atom. The highest BCUT2D eigenvalue weighted by molar-refractivity contribution is 9.10. The molecule has 0 unspecified atom stereocenters. The van der Waals surface area contributed by atoms with Crippen molar-refractivity contribution >= 4 is 38.7 Å². The number of hydrogen-bond acceptors (Lipinski definition) is 4. The van der Waals surface area contributed by atoms with E-state index in [4.69, 9.17) is 4.74 Å². The Labute approximate surface area is 159 Å². The van der Waals surface area contributed by atoms with Gasteiger partial charge in [0.1, 0.15) is 6.54 Å². The first-order valence-corrected chi connectivity index (χ1v) is 9.52. The van der Waals surface area contributed by atoms with E-state index in [2.05, 4.69) is 15.9 Å². The van der Waals surface area contributed by atoms with Crippen LogP contribution in [0.25, 0.3) is 10.9 Å². The predicted molar refractivity (Wildman–Crippen MR) is 102 cm³/mol. The first-order chi connectivity index (χ1) is 12.5. The van der Waals surface area contributed by atoms with Gasteiger partial charge in [-0.3, -0.25) is 14.4 Å². The number of likely N-dealkylation sites (tertiary alicyclic amines) is 1. The van der Waals surface area contributed by atoms with E-state index in [0.717, 1.165) is 9.99 Å². The van der Waals surface area contributed by atoms with Gasteiger partial charge < -0.3 is 14.2 Å². The van der Waals surface area contributed by atoms with E-state index in [9.17, 15) is 14.4 Å². The average molecular weight is 421 g/mol. The van der Waals surface area contributed by atoms with E-state index in [1.165, 1.54) is 6.07 Å². The summed E-state index contributed by atoms with van der Waals surface area (Å²) < 4.78 is 7.68. The molecule has 0 bridgehead atoms. The summed E-state index contributed by atoms with van der Waals surface area (Å²) >= 11 is 3.37. The van der Waals surface area contributed by atoms with Gasteiger partial charge in [-0.25, -0.2) is 0 Å². The van der Waals surface area contributed by atoms with Crippen LogP contribution in [0, 0.1) is 5.92 Å². The van der Waals surface area contributed by atoms with Gasteiger partial charge >= 0.3 is 5.97 Å². The molecule has 1 aliphatic rings. The third-order valence-electron chi connectivity index (χ3n) is 4.71. The first-order valence-electron chi connectivity index (χ1n) is 8.72. The van der Waals surface area contributed by atoms with Crippen molar-refractivity contribution < 1.29 is 14.3 Å². The van der Waals surface area contributed by atoms with Crippen LogP contribution in [0.1, 0.15) is 19.8 Å². The van der Waals surface area contributed by atoms with Gasteiger partial charge in [0.25, 0.3) is 0 Å². The van der Waals surface area contributed by atoms with E-state index < -0.39 is 0 Å². The number of piperidine rings is 1. The van der Waals surface area contributed by atoms with Crippen LogP contribution in [-0.4, -0.2) is 41.0 Å². The van der Waals surface area contributed by atoms with E-state index in [1.54, 1.807) is 28.7 Å². The molecule has 26 heavy (non-hydrogen) atoms. The summed E-state index contributed by atoms with van der Waals surface area (Å²) in [7, 11) is 0. The lowest BCUT2D eigenvalue weighted by atomic mass is 9.97. The van der Waals surface area contributed by atoms with Crippen LogP contribution < -0.4 is 5.43 Å². The van der Waals surface area contributed by atoms with Crippen molar-refractivity contribution in [3.05, 3.63) is 45.2 Å². The fraction of sp³-hybridized carbons (Fsp3) is 0.421. The summed E-state index contributed by atoms with van der Waals surface area (Å²) in [5.41, 5.74) is 0.663. The number of pyridine rings is 1. The number of nitrogens with zero attached hydrogens (tertiary/aromatic N) is 2. The molecule has 0 N–H and O–H groups in total. The summed E-state index contributed by atoms with van der Waals surface area (Å²) in [6, 6.07) is 6.94. The number of fused-ring (bicyclic) bond motifs is 1. The van der Waals surface area contributed by atoms with Crippen molar-refractivity contribution in [1.29, 1.82) is 0 Å². The molecular formula is C19H21BrN2O4. The number of esters is 1. The predicted octanol–water partition coefficient (Wildman–Crippen LogP) is 2.57. The highest BCUT2D eigenvalue weighted by atomic mass is 79.9. The van der Waals surface area contributed by atoms with Crippen molar-refractivity contribution in [2.75, 3.05) is 19.7 Å². The minimum absolute atomic E-state index is 0.0137. The molecule has 0 radical (unpaired) electrons. The maximum Gasteiger partial charge on any atom is 0.309 e. The lowest BCUT2D eigenvalue weighted by molar-refractivity contribution is -0.151. The van der Waals surface area contributed by atoms with Gasteiger partial charge in [0, 0.05) is 35.2 Å². The van der Waals surface area contributed by atoms with Crippen molar-refractivity contribution in [3.8, 4) is 0 Å². The maximum atomic E-state index is 12.7. The molecule has 0 aliphatic carbocycles. The Morgan fingerprint density at radius 3 is 2.65 bits per heavy atom. The molecular weight excluding hydrogens is 400 g/mol. The zero-order valence-electron chi connectivity index (χ0n) is 14.6. The molecule has 0 saturated carbocycles. The molecule has 1 amide bonds. The smallest absolute Gasteiger partial charge is 0.309 e. The van der Waals surface area contributed by atoms with Crippen LogP contribution in [0.2, 0.25) is 0 Å². The maximum absolute atomic E-state index is 12.7. The minimum Gasteiger partial charge on any atom is -0.466 e. The van der Waals surface area contributed by atoms with Crippen LogP contribution in [0.4, 0.5) is 0 Å². The van der Waals surface area contributed by atoms with Crippen LogP contribution >= 0.6 is 15.9 Å². The molecule has 0 spiro atoms. The first kappa shape index (κ1) is 18.6. The standard InChI is InChI=1S/C19H21BrN2O4/c1-2-26-19(25)13-5-8-21(9-6-13)18(24)12-22-10-7-17(23)15-11-14(20)3-4-16(15)22/h3-4,7,10-11,13H,2,5-6,8-9,12H2,1H3. The number of halogens is 1. The fourth-order valence-electron chi connectivity index (χ4n) is 3.29. The number of aromatic nitrogens is 1. The summed E-state index contributed by atoms with van der Waals surface area (Å²) in [4.78, 5) is 38.3. The van der Waals surface area contributed by atoms with Crippen LogP contribution in [0.3, 0.4) is 0 Å². The van der Waals surface area contributed by atoms with Gasteiger partial charge in [-0.1, -0.05) is 15.9 Å². The Hall–Kier alpha value is -2.15. The summed E-state index contributed by atoms with van der Waals surface area (Å²) in [6.45, 7) is 3.44. The molecule has 138 valence electrons. The zero-order valence-corrected chi connectivity index (χ0v) is 16.2. The molecule has 1 aliphatic heterocycles. The molecule has 1 saturated heterocycles. The molecule has 6 nitrogen and oxygen atoms in total. The molecule has 7 heteroatoms. The van der Waals surface area contributed by atoms with Gasteiger partial charge in [-0.05, 0) is 38.0 Å². The lowest BCUT2D eigenvalue weighted by Gasteiger charge is -2.31. The van der Waals surface area contributed by atoms with Crippen molar-refractivity contribution in [2.24, 2.45) is 5.92 Å². The molecule has 3 rings (SSSR count).